The molecule has 1 aliphatic heterocycles. The van der Waals surface area contributed by atoms with Crippen LogP contribution in [-0.4, -0.2) is 34.8 Å². The highest BCUT2D eigenvalue weighted by Gasteiger charge is 2.32. The van der Waals surface area contributed by atoms with Gasteiger partial charge in [-0.15, -0.1) is 0 Å². The van der Waals surface area contributed by atoms with Crippen molar-refractivity contribution in [3.05, 3.63) is 34.7 Å². The van der Waals surface area contributed by atoms with Gasteiger partial charge in [0.05, 0.1) is 4.91 Å². The lowest BCUT2D eigenvalue weighted by Crippen LogP contribution is -2.31. The van der Waals surface area contributed by atoms with Crippen LogP contribution in [0.2, 0.25) is 0 Å². The monoisotopic (exact) mass is 348 g/mol. The highest BCUT2D eigenvalue weighted by molar-refractivity contribution is 8.26. The number of benzene rings is 1. The number of rotatable bonds is 6. The average Bonchev–Trinajstić information content (AvgIpc) is 2.77. The molecule has 0 radical (unpaired) electrons. The molecule has 1 amide bonds. The zero-order chi connectivity index (χ0) is 17.0. The molecule has 1 aromatic rings. The summed E-state index contributed by atoms with van der Waals surface area (Å²) in [4.78, 5) is 17.2. The van der Waals surface area contributed by atoms with E-state index in [1.54, 1.807) is 4.90 Å². The minimum absolute atomic E-state index is 0.0292. The Labute approximate surface area is 148 Å². The molecule has 2 rings (SSSR count). The van der Waals surface area contributed by atoms with Crippen molar-refractivity contribution >= 4 is 46.0 Å². The lowest BCUT2D eigenvalue weighted by atomic mass is 10.1. The molecule has 0 aromatic heterocycles. The number of hydrogen-bond donors (Lipinski definition) is 0. The average molecular weight is 349 g/mol. The molecule has 5 heteroatoms. The molecule has 0 saturated carbocycles. The van der Waals surface area contributed by atoms with Gasteiger partial charge in [0.1, 0.15) is 4.32 Å². The van der Waals surface area contributed by atoms with E-state index in [1.165, 1.54) is 17.4 Å². The molecule has 124 valence electrons. The van der Waals surface area contributed by atoms with Gasteiger partial charge in [-0.2, -0.15) is 0 Å². The molecular weight excluding hydrogens is 324 g/mol. The summed E-state index contributed by atoms with van der Waals surface area (Å²) >= 11 is 6.73. The molecule has 0 atom stereocenters. The van der Waals surface area contributed by atoms with Gasteiger partial charge < -0.3 is 4.90 Å². The van der Waals surface area contributed by atoms with E-state index in [9.17, 15) is 4.79 Å². The first-order chi connectivity index (χ1) is 11.0. The fourth-order valence-electron chi connectivity index (χ4n) is 2.54. The number of carbonyl (C=O) groups excluding carboxylic acids is 1. The number of nitrogens with zero attached hydrogens (tertiary/aromatic N) is 2. The van der Waals surface area contributed by atoms with Gasteiger partial charge in [-0.1, -0.05) is 50.0 Å². The third kappa shape index (κ3) is 4.36. The second-order valence-electron chi connectivity index (χ2n) is 5.95. The zero-order valence-electron chi connectivity index (χ0n) is 14.2. The number of carbonyl (C=O) groups is 1. The normalized spacial score (nSPS) is 16.7. The molecule has 0 unspecified atom stereocenters. The second kappa shape index (κ2) is 7.97. The molecular formula is C18H24N2OS2. The molecule has 1 saturated heterocycles. The smallest absolute Gasteiger partial charge is 0.266 e. The van der Waals surface area contributed by atoms with E-state index >= 15 is 0 Å². The summed E-state index contributed by atoms with van der Waals surface area (Å²) in [5.41, 5.74) is 2.24. The molecule has 1 aromatic carbocycles. The molecule has 3 nitrogen and oxygen atoms in total. The highest BCUT2D eigenvalue weighted by atomic mass is 32.2. The lowest BCUT2D eigenvalue weighted by Gasteiger charge is -2.20. The van der Waals surface area contributed by atoms with Crippen molar-refractivity contribution in [1.29, 1.82) is 0 Å². The van der Waals surface area contributed by atoms with Crippen LogP contribution in [0.15, 0.2) is 29.2 Å². The summed E-state index contributed by atoms with van der Waals surface area (Å²) in [6.07, 6.45) is 1.94. The molecule has 23 heavy (non-hydrogen) atoms. The van der Waals surface area contributed by atoms with Crippen LogP contribution in [0.5, 0.6) is 0 Å². The summed E-state index contributed by atoms with van der Waals surface area (Å²) in [7, 11) is 0. The van der Waals surface area contributed by atoms with E-state index in [4.69, 9.17) is 12.2 Å². The standard InChI is InChI=1S/C18H24N2OS2/c1-5-19(6-2)15-9-7-14(8-10-15)11-16-17(21)20(12-13(3)4)18(22)23-16/h7-11,13H,5-6,12H2,1-4H3/b16-11-. The number of hydrogen-bond acceptors (Lipinski definition) is 4. The molecule has 1 aliphatic rings. The van der Waals surface area contributed by atoms with Crippen LogP contribution in [-0.2, 0) is 4.79 Å². The maximum Gasteiger partial charge on any atom is 0.266 e. The minimum atomic E-state index is 0.0292. The Kier molecular flexibility index (Phi) is 6.25. The van der Waals surface area contributed by atoms with Gasteiger partial charge in [-0.25, -0.2) is 0 Å². The Morgan fingerprint density at radius 3 is 2.35 bits per heavy atom. The topological polar surface area (TPSA) is 23.6 Å². The first-order valence-electron chi connectivity index (χ1n) is 8.06. The van der Waals surface area contributed by atoms with Crippen LogP contribution in [0.25, 0.3) is 6.08 Å². The fraction of sp³-hybridized carbons (Fsp3) is 0.444. The minimum Gasteiger partial charge on any atom is -0.372 e. The molecule has 0 bridgehead atoms. The Bertz CT molecular complexity index is 604. The van der Waals surface area contributed by atoms with E-state index < -0.39 is 0 Å². The van der Waals surface area contributed by atoms with Crippen LogP contribution in [0.3, 0.4) is 0 Å². The Morgan fingerprint density at radius 2 is 1.83 bits per heavy atom. The Morgan fingerprint density at radius 1 is 1.22 bits per heavy atom. The predicted molar refractivity (Wildman–Crippen MR) is 105 cm³/mol. The fourth-order valence-corrected chi connectivity index (χ4v) is 3.82. The van der Waals surface area contributed by atoms with Crippen molar-refractivity contribution in [2.24, 2.45) is 5.92 Å². The van der Waals surface area contributed by atoms with Crippen molar-refractivity contribution in [3.8, 4) is 0 Å². The van der Waals surface area contributed by atoms with Gasteiger partial charge in [0, 0.05) is 25.3 Å². The lowest BCUT2D eigenvalue weighted by molar-refractivity contribution is -0.122. The largest absolute Gasteiger partial charge is 0.372 e. The molecule has 0 spiro atoms. The van der Waals surface area contributed by atoms with Crippen molar-refractivity contribution in [2.45, 2.75) is 27.7 Å². The van der Waals surface area contributed by atoms with Gasteiger partial charge in [0.2, 0.25) is 0 Å². The summed E-state index contributed by atoms with van der Waals surface area (Å²) in [6, 6.07) is 8.33. The van der Waals surface area contributed by atoms with E-state index in [2.05, 4.69) is 56.9 Å². The Hall–Kier alpha value is -1.33. The number of thioether (sulfide) groups is 1. The molecule has 1 heterocycles. The van der Waals surface area contributed by atoms with Crippen molar-refractivity contribution in [2.75, 3.05) is 24.5 Å². The Balaban J connectivity index is 2.16. The maximum atomic E-state index is 12.5. The van der Waals surface area contributed by atoms with Crippen LogP contribution in [0.1, 0.15) is 33.3 Å². The van der Waals surface area contributed by atoms with Gasteiger partial charge in [-0.3, -0.25) is 9.69 Å². The summed E-state index contributed by atoms with van der Waals surface area (Å²) in [5, 5.41) is 0. The molecule has 1 fully saturated rings. The summed E-state index contributed by atoms with van der Waals surface area (Å²) < 4.78 is 0.662. The van der Waals surface area contributed by atoms with E-state index in [-0.39, 0.29) is 5.91 Å². The second-order valence-corrected chi connectivity index (χ2v) is 7.63. The third-order valence-corrected chi connectivity index (χ3v) is 5.12. The first kappa shape index (κ1) is 18.0. The van der Waals surface area contributed by atoms with Gasteiger partial charge >= 0.3 is 0 Å². The number of thiocarbonyl (C=S) groups is 1. The van der Waals surface area contributed by atoms with Gasteiger partial charge in [-0.05, 0) is 43.5 Å². The van der Waals surface area contributed by atoms with Gasteiger partial charge in [0.25, 0.3) is 5.91 Å². The van der Waals surface area contributed by atoms with Crippen molar-refractivity contribution < 1.29 is 4.79 Å². The van der Waals surface area contributed by atoms with E-state index in [0.29, 0.717) is 21.7 Å². The van der Waals surface area contributed by atoms with Crippen LogP contribution in [0, 0.1) is 5.92 Å². The van der Waals surface area contributed by atoms with Crippen LogP contribution >= 0.6 is 24.0 Å². The predicted octanol–water partition coefficient (Wildman–Crippen LogP) is 4.39. The van der Waals surface area contributed by atoms with E-state index in [0.717, 1.165) is 18.7 Å². The zero-order valence-corrected chi connectivity index (χ0v) is 15.8. The van der Waals surface area contributed by atoms with Crippen molar-refractivity contribution in [3.63, 3.8) is 0 Å². The first-order valence-corrected chi connectivity index (χ1v) is 9.29. The van der Waals surface area contributed by atoms with E-state index in [1.807, 2.05) is 6.08 Å². The SMILES string of the molecule is CCN(CC)c1ccc(/C=C2\SC(=S)N(CC(C)C)C2=O)cc1. The van der Waals surface area contributed by atoms with Crippen LogP contribution < -0.4 is 4.90 Å². The molecule has 0 N–H and O–H groups in total. The van der Waals surface area contributed by atoms with Gasteiger partial charge in [0.15, 0.2) is 0 Å². The van der Waals surface area contributed by atoms with Crippen molar-refractivity contribution in [1.82, 2.24) is 4.90 Å². The highest BCUT2D eigenvalue weighted by Crippen LogP contribution is 2.33. The number of anilines is 1. The third-order valence-electron chi connectivity index (χ3n) is 3.74. The summed E-state index contributed by atoms with van der Waals surface area (Å²) in [5.74, 6) is 0.437. The summed E-state index contributed by atoms with van der Waals surface area (Å²) in [6.45, 7) is 11.1. The number of amides is 1. The maximum absolute atomic E-state index is 12.5. The van der Waals surface area contributed by atoms with Crippen LogP contribution in [0.4, 0.5) is 5.69 Å². The quantitative estimate of drug-likeness (QED) is 0.562. The molecule has 0 aliphatic carbocycles.